The van der Waals surface area contributed by atoms with Crippen molar-refractivity contribution in [2.24, 2.45) is 11.7 Å². The Morgan fingerprint density at radius 3 is 2.64 bits per heavy atom. The molecule has 0 aromatic rings. The van der Waals surface area contributed by atoms with Crippen molar-refractivity contribution in [1.82, 2.24) is 4.90 Å². The zero-order chi connectivity index (χ0) is 10.6. The van der Waals surface area contributed by atoms with Gasteiger partial charge in [0.2, 0.25) is 0 Å². The van der Waals surface area contributed by atoms with Crippen LogP contribution in [0.2, 0.25) is 0 Å². The summed E-state index contributed by atoms with van der Waals surface area (Å²) in [7, 11) is 0. The lowest BCUT2D eigenvalue weighted by molar-refractivity contribution is 0.188. The Labute approximate surface area is 88.8 Å². The molecule has 0 saturated carbocycles. The normalized spacial score (nSPS) is 27.6. The first-order chi connectivity index (χ1) is 6.61. The lowest BCUT2D eigenvalue weighted by Crippen LogP contribution is -2.44. The van der Waals surface area contributed by atoms with E-state index in [1.165, 1.54) is 32.2 Å². The van der Waals surface area contributed by atoms with Gasteiger partial charge in [-0.25, -0.2) is 0 Å². The van der Waals surface area contributed by atoms with E-state index in [2.05, 4.69) is 25.7 Å². The Hall–Kier alpha value is -0.0800. The molecule has 1 aliphatic rings. The van der Waals surface area contributed by atoms with Crippen LogP contribution in [0.15, 0.2) is 0 Å². The lowest BCUT2D eigenvalue weighted by Gasteiger charge is -2.30. The fraction of sp³-hybridized carbons (Fsp3) is 1.00. The minimum absolute atomic E-state index is 0.343. The van der Waals surface area contributed by atoms with Crippen LogP contribution in [0.3, 0.4) is 0 Å². The molecule has 2 N–H and O–H groups in total. The number of nitrogens with zero attached hydrogens (tertiary/aromatic N) is 1. The van der Waals surface area contributed by atoms with Gasteiger partial charge in [0.05, 0.1) is 0 Å². The van der Waals surface area contributed by atoms with Gasteiger partial charge in [0.1, 0.15) is 0 Å². The van der Waals surface area contributed by atoms with Crippen LogP contribution < -0.4 is 5.73 Å². The van der Waals surface area contributed by atoms with E-state index in [-0.39, 0.29) is 0 Å². The molecule has 0 aromatic heterocycles. The first kappa shape index (κ1) is 12.0. The van der Waals surface area contributed by atoms with E-state index in [1.807, 2.05) is 0 Å². The van der Waals surface area contributed by atoms with Crippen LogP contribution in [-0.2, 0) is 0 Å². The number of nitrogens with two attached hydrogens (primary N) is 1. The van der Waals surface area contributed by atoms with Crippen LogP contribution in [0, 0.1) is 5.92 Å². The smallest absolute Gasteiger partial charge is 0.0191 e. The van der Waals surface area contributed by atoms with Crippen LogP contribution in [-0.4, -0.2) is 30.1 Å². The number of hydrogen-bond acceptors (Lipinski definition) is 2. The average molecular weight is 198 g/mol. The van der Waals surface area contributed by atoms with E-state index in [4.69, 9.17) is 5.73 Å². The molecule has 0 bridgehead atoms. The van der Waals surface area contributed by atoms with Crippen molar-refractivity contribution in [3.05, 3.63) is 0 Å². The molecule has 0 aliphatic carbocycles. The van der Waals surface area contributed by atoms with Crippen molar-refractivity contribution in [2.45, 2.75) is 58.5 Å². The van der Waals surface area contributed by atoms with Gasteiger partial charge in [0, 0.05) is 18.6 Å². The van der Waals surface area contributed by atoms with Crippen LogP contribution >= 0.6 is 0 Å². The fourth-order valence-electron chi connectivity index (χ4n) is 2.09. The molecule has 1 fully saturated rings. The second-order valence-corrected chi connectivity index (χ2v) is 5.10. The zero-order valence-corrected chi connectivity index (χ0v) is 10.00. The summed E-state index contributed by atoms with van der Waals surface area (Å²) in [5.41, 5.74) is 6.12. The monoisotopic (exact) mass is 198 g/mol. The second kappa shape index (κ2) is 5.72. The summed E-state index contributed by atoms with van der Waals surface area (Å²) in [5, 5.41) is 0. The first-order valence-electron chi connectivity index (χ1n) is 6.11. The Kier molecular flexibility index (Phi) is 4.90. The van der Waals surface area contributed by atoms with Crippen molar-refractivity contribution in [3.63, 3.8) is 0 Å². The van der Waals surface area contributed by atoms with Crippen molar-refractivity contribution >= 4 is 0 Å². The number of hydrogen-bond donors (Lipinski definition) is 1. The van der Waals surface area contributed by atoms with Crippen molar-refractivity contribution < 1.29 is 0 Å². The molecule has 1 aliphatic heterocycles. The maximum Gasteiger partial charge on any atom is 0.0191 e. The Morgan fingerprint density at radius 1 is 1.29 bits per heavy atom. The summed E-state index contributed by atoms with van der Waals surface area (Å²) >= 11 is 0. The van der Waals surface area contributed by atoms with E-state index in [1.54, 1.807) is 0 Å². The Balaban J connectivity index is 2.40. The fourth-order valence-corrected chi connectivity index (χ4v) is 2.09. The lowest BCUT2D eigenvalue weighted by atomic mass is 10.0. The van der Waals surface area contributed by atoms with E-state index in [9.17, 15) is 0 Å². The molecule has 2 heteroatoms. The SMILES string of the molecule is CC(C)C(N)CN1CCCCCC1C. The number of likely N-dealkylation sites (tertiary alicyclic amines) is 1. The van der Waals surface area contributed by atoms with E-state index in [0.717, 1.165) is 12.6 Å². The maximum atomic E-state index is 6.12. The van der Waals surface area contributed by atoms with Crippen LogP contribution in [0.1, 0.15) is 46.5 Å². The summed E-state index contributed by atoms with van der Waals surface area (Å²) < 4.78 is 0. The predicted octanol–water partition coefficient (Wildman–Crippen LogP) is 2.23. The molecule has 14 heavy (non-hydrogen) atoms. The van der Waals surface area contributed by atoms with Gasteiger partial charge >= 0.3 is 0 Å². The van der Waals surface area contributed by atoms with E-state index < -0.39 is 0 Å². The molecule has 0 radical (unpaired) electrons. The standard InChI is InChI=1S/C12H26N2/c1-10(2)12(13)9-14-8-6-4-5-7-11(14)3/h10-12H,4-9,13H2,1-3H3. The molecule has 2 atom stereocenters. The minimum Gasteiger partial charge on any atom is -0.326 e. The highest BCUT2D eigenvalue weighted by atomic mass is 15.2. The molecule has 0 spiro atoms. The van der Waals surface area contributed by atoms with Gasteiger partial charge in [-0.05, 0) is 32.2 Å². The molecular weight excluding hydrogens is 172 g/mol. The van der Waals surface area contributed by atoms with Gasteiger partial charge in [-0.1, -0.05) is 26.7 Å². The second-order valence-electron chi connectivity index (χ2n) is 5.10. The maximum absolute atomic E-state index is 6.12. The molecule has 1 saturated heterocycles. The third-order valence-corrected chi connectivity index (χ3v) is 3.49. The summed E-state index contributed by atoms with van der Waals surface area (Å²) in [6.07, 6.45) is 5.51. The van der Waals surface area contributed by atoms with E-state index >= 15 is 0 Å². The summed E-state index contributed by atoms with van der Waals surface area (Å²) in [5.74, 6) is 0.602. The Morgan fingerprint density at radius 2 is 2.00 bits per heavy atom. The molecule has 84 valence electrons. The third-order valence-electron chi connectivity index (χ3n) is 3.49. The van der Waals surface area contributed by atoms with Gasteiger partial charge in [0.15, 0.2) is 0 Å². The largest absolute Gasteiger partial charge is 0.326 e. The van der Waals surface area contributed by atoms with Gasteiger partial charge in [-0.3, -0.25) is 4.90 Å². The molecule has 1 heterocycles. The number of rotatable bonds is 3. The predicted molar refractivity (Wildman–Crippen MR) is 62.3 cm³/mol. The van der Waals surface area contributed by atoms with Crippen molar-refractivity contribution in [3.8, 4) is 0 Å². The zero-order valence-electron chi connectivity index (χ0n) is 10.00. The third kappa shape index (κ3) is 3.58. The Bertz CT molecular complexity index is 156. The molecule has 0 aromatic carbocycles. The highest BCUT2D eigenvalue weighted by molar-refractivity contribution is 4.77. The van der Waals surface area contributed by atoms with Crippen molar-refractivity contribution in [2.75, 3.05) is 13.1 Å². The molecule has 0 amide bonds. The molecule has 2 unspecified atom stereocenters. The topological polar surface area (TPSA) is 29.3 Å². The van der Waals surface area contributed by atoms with Gasteiger partial charge in [0.25, 0.3) is 0 Å². The van der Waals surface area contributed by atoms with Gasteiger partial charge in [-0.2, -0.15) is 0 Å². The van der Waals surface area contributed by atoms with E-state index in [0.29, 0.717) is 12.0 Å². The molecule has 1 rings (SSSR count). The van der Waals surface area contributed by atoms with Crippen LogP contribution in [0.5, 0.6) is 0 Å². The highest BCUT2D eigenvalue weighted by Gasteiger charge is 2.19. The summed E-state index contributed by atoms with van der Waals surface area (Å²) in [6.45, 7) is 9.11. The summed E-state index contributed by atoms with van der Waals surface area (Å²) in [6, 6.07) is 1.08. The molecule has 2 nitrogen and oxygen atoms in total. The van der Waals surface area contributed by atoms with Crippen LogP contribution in [0.4, 0.5) is 0 Å². The quantitative estimate of drug-likeness (QED) is 0.753. The average Bonchev–Trinajstić information content (AvgIpc) is 2.32. The summed E-state index contributed by atoms with van der Waals surface area (Å²) in [4.78, 5) is 2.58. The van der Waals surface area contributed by atoms with Gasteiger partial charge in [-0.15, -0.1) is 0 Å². The van der Waals surface area contributed by atoms with Crippen LogP contribution in [0.25, 0.3) is 0 Å². The minimum atomic E-state index is 0.343. The first-order valence-corrected chi connectivity index (χ1v) is 6.11. The highest BCUT2D eigenvalue weighted by Crippen LogP contribution is 2.17. The van der Waals surface area contributed by atoms with Crippen molar-refractivity contribution in [1.29, 1.82) is 0 Å². The molecular formula is C12H26N2. The van der Waals surface area contributed by atoms with Gasteiger partial charge < -0.3 is 5.73 Å².